The molecule has 0 radical (unpaired) electrons. The molecule has 0 bridgehead atoms. The van der Waals surface area contributed by atoms with Crippen LogP contribution in [0.15, 0.2) is 52.3 Å². The van der Waals surface area contributed by atoms with Gasteiger partial charge in [0.15, 0.2) is 0 Å². The number of rotatable bonds is 5. The summed E-state index contributed by atoms with van der Waals surface area (Å²) in [6.45, 7) is 2.53. The zero-order chi connectivity index (χ0) is 19.6. The molecule has 27 heavy (non-hydrogen) atoms. The van der Waals surface area contributed by atoms with E-state index in [1.165, 1.54) is 11.2 Å². The van der Waals surface area contributed by atoms with E-state index in [0.29, 0.717) is 13.1 Å². The van der Waals surface area contributed by atoms with Gasteiger partial charge in [-0.3, -0.25) is 4.79 Å². The molecule has 1 heterocycles. The molecular weight excluding hydrogens is 380 g/mol. The van der Waals surface area contributed by atoms with Crippen molar-refractivity contribution in [1.82, 2.24) is 4.31 Å². The van der Waals surface area contributed by atoms with Gasteiger partial charge in [0.05, 0.1) is 4.90 Å². The lowest BCUT2D eigenvalue weighted by Crippen LogP contribution is -2.34. The number of fused-ring (bicyclic) bond motifs is 1. The Morgan fingerprint density at radius 3 is 2.52 bits per heavy atom. The minimum Gasteiger partial charge on any atom is -0.312 e. The second kappa shape index (κ2) is 8.04. The Balaban J connectivity index is 1.84. The molecule has 0 N–H and O–H groups in total. The Bertz CT molecular complexity index is 940. The molecule has 0 fully saturated rings. The van der Waals surface area contributed by atoms with Crippen molar-refractivity contribution in [2.24, 2.45) is 0 Å². The van der Waals surface area contributed by atoms with Gasteiger partial charge < -0.3 is 4.90 Å². The summed E-state index contributed by atoms with van der Waals surface area (Å²) in [7, 11) is -2.00. The van der Waals surface area contributed by atoms with Gasteiger partial charge in [-0.2, -0.15) is 4.31 Å². The highest BCUT2D eigenvalue weighted by molar-refractivity contribution is 7.98. The largest absolute Gasteiger partial charge is 0.312 e. The number of hydrogen-bond donors (Lipinski definition) is 0. The molecule has 1 amide bonds. The van der Waals surface area contributed by atoms with E-state index in [9.17, 15) is 13.2 Å². The predicted octanol–water partition coefficient (Wildman–Crippen LogP) is 3.53. The highest BCUT2D eigenvalue weighted by atomic mass is 32.2. The summed E-state index contributed by atoms with van der Waals surface area (Å²) >= 11 is 1.65. The van der Waals surface area contributed by atoms with E-state index in [1.54, 1.807) is 41.9 Å². The number of nitrogens with zero attached hydrogens (tertiary/aromatic N) is 2. The third-order valence-electron chi connectivity index (χ3n) is 4.82. The molecule has 3 rings (SSSR count). The molecule has 0 aliphatic carbocycles. The van der Waals surface area contributed by atoms with Crippen LogP contribution < -0.4 is 4.90 Å². The molecule has 0 spiro atoms. The van der Waals surface area contributed by atoms with Gasteiger partial charge in [0, 0.05) is 37.6 Å². The monoisotopic (exact) mass is 404 g/mol. The zero-order valence-electron chi connectivity index (χ0n) is 15.8. The minimum atomic E-state index is -3.60. The molecule has 144 valence electrons. The standard InChI is InChI=1S/C20H24N2O3S2/c1-15(23)22-12-4-5-17-13-19(10-11-20(17)22)27(24,25)21(2)14-16-6-8-18(26-3)9-7-16/h6-11,13H,4-5,12,14H2,1-3H3. The summed E-state index contributed by atoms with van der Waals surface area (Å²) in [5.74, 6) is -0.0163. The average molecular weight is 405 g/mol. The van der Waals surface area contributed by atoms with Gasteiger partial charge in [-0.1, -0.05) is 12.1 Å². The fourth-order valence-electron chi connectivity index (χ4n) is 3.31. The third-order valence-corrected chi connectivity index (χ3v) is 7.37. The highest BCUT2D eigenvalue weighted by Gasteiger charge is 2.25. The van der Waals surface area contributed by atoms with E-state index in [-0.39, 0.29) is 10.8 Å². The highest BCUT2D eigenvalue weighted by Crippen LogP contribution is 2.30. The Labute approximate surface area is 165 Å². The molecule has 2 aromatic carbocycles. The molecule has 7 heteroatoms. The van der Waals surface area contributed by atoms with Gasteiger partial charge in [-0.15, -0.1) is 11.8 Å². The van der Waals surface area contributed by atoms with Crippen LogP contribution in [0.5, 0.6) is 0 Å². The van der Waals surface area contributed by atoms with Crippen LogP contribution in [0.3, 0.4) is 0 Å². The number of sulfonamides is 1. The normalized spacial score (nSPS) is 14.3. The maximum Gasteiger partial charge on any atom is 0.243 e. The van der Waals surface area contributed by atoms with Crippen LogP contribution >= 0.6 is 11.8 Å². The molecule has 0 atom stereocenters. The van der Waals surface area contributed by atoms with Crippen molar-refractivity contribution in [3.05, 3.63) is 53.6 Å². The molecule has 0 aromatic heterocycles. The number of aryl methyl sites for hydroxylation is 1. The smallest absolute Gasteiger partial charge is 0.243 e. The molecule has 0 unspecified atom stereocenters. The Hall–Kier alpha value is -1.83. The number of carbonyl (C=O) groups is 1. The van der Waals surface area contributed by atoms with E-state index >= 15 is 0 Å². The Kier molecular flexibility index (Phi) is 5.93. The van der Waals surface area contributed by atoms with Crippen LogP contribution in [-0.4, -0.2) is 38.5 Å². The quantitative estimate of drug-likeness (QED) is 0.716. The fourth-order valence-corrected chi connectivity index (χ4v) is 4.93. The van der Waals surface area contributed by atoms with E-state index in [0.717, 1.165) is 34.6 Å². The number of hydrogen-bond acceptors (Lipinski definition) is 4. The molecule has 5 nitrogen and oxygen atoms in total. The Morgan fingerprint density at radius 1 is 1.19 bits per heavy atom. The number of anilines is 1. The van der Waals surface area contributed by atoms with Gasteiger partial charge in [-0.05, 0) is 60.6 Å². The van der Waals surface area contributed by atoms with Crippen molar-refractivity contribution < 1.29 is 13.2 Å². The lowest BCUT2D eigenvalue weighted by Gasteiger charge is -2.29. The SMILES string of the molecule is CSc1ccc(CN(C)S(=O)(=O)c2ccc3c(c2)CCCN3C(C)=O)cc1. The van der Waals surface area contributed by atoms with Gasteiger partial charge in [0.2, 0.25) is 15.9 Å². The molecule has 0 saturated heterocycles. The average Bonchev–Trinajstić information content (AvgIpc) is 2.67. The van der Waals surface area contributed by atoms with Crippen molar-refractivity contribution >= 4 is 33.4 Å². The molecule has 1 aliphatic rings. The van der Waals surface area contributed by atoms with E-state index < -0.39 is 10.0 Å². The first kappa shape index (κ1) is 19.9. The van der Waals surface area contributed by atoms with Gasteiger partial charge in [0.1, 0.15) is 0 Å². The molecular formula is C20H24N2O3S2. The maximum absolute atomic E-state index is 13.0. The summed E-state index contributed by atoms with van der Waals surface area (Å²) in [4.78, 5) is 14.9. The summed E-state index contributed by atoms with van der Waals surface area (Å²) in [6, 6.07) is 13.0. The first-order valence-corrected chi connectivity index (χ1v) is 11.5. The summed E-state index contributed by atoms with van der Waals surface area (Å²) in [5, 5.41) is 0. The van der Waals surface area contributed by atoms with Crippen LogP contribution in [0.4, 0.5) is 5.69 Å². The second-order valence-electron chi connectivity index (χ2n) is 6.67. The summed E-state index contributed by atoms with van der Waals surface area (Å²) in [6.07, 6.45) is 3.63. The van der Waals surface area contributed by atoms with Gasteiger partial charge in [-0.25, -0.2) is 8.42 Å². The topological polar surface area (TPSA) is 57.7 Å². The van der Waals surface area contributed by atoms with Gasteiger partial charge >= 0.3 is 0 Å². The number of benzene rings is 2. The molecule has 1 aliphatic heterocycles. The lowest BCUT2D eigenvalue weighted by atomic mass is 10.0. The number of amides is 1. The van der Waals surface area contributed by atoms with Gasteiger partial charge in [0.25, 0.3) is 0 Å². The minimum absolute atomic E-state index is 0.0163. The van der Waals surface area contributed by atoms with Crippen LogP contribution in [0.25, 0.3) is 0 Å². The first-order chi connectivity index (χ1) is 12.8. The number of thioether (sulfide) groups is 1. The van der Waals surface area contributed by atoms with Crippen molar-refractivity contribution in [3.63, 3.8) is 0 Å². The molecule has 2 aromatic rings. The second-order valence-corrected chi connectivity index (χ2v) is 9.60. The van der Waals surface area contributed by atoms with Crippen molar-refractivity contribution in [1.29, 1.82) is 0 Å². The first-order valence-electron chi connectivity index (χ1n) is 8.83. The van der Waals surface area contributed by atoms with Crippen molar-refractivity contribution in [2.45, 2.75) is 36.1 Å². The number of carbonyl (C=O) groups excluding carboxylic acids is 1. The van der Waals surface area contributed by atoms with E-state index in [1.807, 2.05) is 30.5 Å². The van der Waals surface area contributed by atoms with Crippen LogP contribution in [0.1, 0.15) is 24.5 Å². The maximum atomic E-state index is 13.0. The predicted molar refractivity (Wildman–Crippen MR) is 110 cm³/mol. The van der Waals surface area contributed by atoms with E-state index in [2.05, 4.69) is 0 Å². The zero-order valence-corrected chi connectivity index (χ0v) is 17.4. The van der Waals surface area contributed by atoms with Crippen LogP contribution in [-0.2, 0) is 27.8 Å². The van der Waals surface area contributed by atoms with Crippen LogP contribution in [0, 0.1) is 0 Å². The Morgan fingerprint density at radius 2 is 1.89 bits per heavy atom. The lowest BCUT2D eigenvalue weighted by molar-refractivity contribution is -0.116. The summed E-state index contributed by atoms with van der Waals surface area (Å²) in [5.41, 5.74) is 2.68. The fraction of sp³-hybridized carbons (Fsp3) is 0.350. The van der Waals surface area contributed by atoms with E-state index in [4.69, 9.17) is 0 Å². The third kappa shape index (κ3) is 4.20. The van der Waals surface area contributed by atoms with Crippen LogP contribution in [0.2, 0.25) is 0 Å². The van der Waals surface area contributed by atoms with Crippen molar-refractivity contribution in [2.75, 3.05) is 24.7 Å². The van der Waals surface area contributed by atoms with Crippen molar-refractivity contribution in [3.8, 4) is 0 Å². The summed E-state index contributed by atoms with van der Waals surface area (Å²) < 4.78 is 27.4. The molecule has 0 saturated carbocycles.